The topological polar surface area (TPSA) is 86.7 Å². The molecular weight excluding hydrogens is 256 g/mol. The molecule has 0 aromatic rings. The first-order valence-electron chi connectivity index (χ1n) is 6.34. The molecule has 0 radical (unpaired) electrons. The summed E-state index contributed by atoms with van der Waals surface area (Å²) in [5.74, 6) is -2.18. The van der Waals surface area contributed by atoms with Crippen LogP contribution < -0.4 is 4.72 Å². The van der Waals surface area contributed by atoms with Crippen molar-refractivity contribution in [2.45, 2.75) is 38.6 Å². The number of nitrogens with zero attached hydrogens (tertiary/aromatic N) is 1. The van der Waals surface area contributed by atoms with Crippen molar-refractivity contribution in [2.75, 3.05) is 25.4 Å². The quantitative estimate of drug-likeness (QED) is 0.652. The van der Waals surface area contributed by atoms with Gasteiger partial charge in [0.1, 0.15) is 0 Å². The number of sulfonamides is 1. The molecule has 106 valence electrons. The Morgan fingerprint density at radius 2 is 2.17 bits per heavy atom. The Bertz CT molecular complexity index is 369. The van der Waals surface area contributed by atoms with Gasteiger partial charge in [0.25, 0.3) is 0 Å². The average molecular weight is 278 g/mol. The molecule has 1 aliphatic rings. The van der Waals surface area contributed by atoms with Gasteiger partial charge in [0.15, 0.2) is 5.75 Å². The highest BCUT2D eigenvalue weighted by Crippen LogP contribution is 2.15. The number of hydrogen-bond donors (Lipinski definition) is 2. The van der Waals surface area contributed by atoms with Gasteiger partial charge in [0.05, 0.1) is 0 Å². The number of hydrogen-bond acceptors (Lipinski definition) is 4. The van der Waals surface area contributed by atoms with Crippen LogP contribution in [-0.2, 0) is 14.8 Å². The lowest BCUT2D eigenvalue weighted by atomic mass is 10.0. The van der Waals surface area contributed by atoms with Crippen LogP contribution in [0.25, 0.3) is 0 Å². The number of carbonyl (C=O) groups is 1. The van der Waals surface area contributed by atoms with Crippen LogP contribution in [0.5, 0.6) is 0 Å². The van der Waals surface area contributed by atoms with E-state index in [2.05, 4.69) is 16.5 Å². The predicted molar refractivity (Wildman–Crippen MR) is 68.9 cm³/mol. The Kier molecular flexibility index (Phi) is 6.04. The third-order valence-electron chi connectivity index (χ3n) is 3.20. The monoisotopic (exact) mass is 278 g/mol. The first kappa shape index (κ1) is 15.4. The molecule has 0 spiro atoms. The standard InChI is InChI=1S/C11H22N2O4S/c1-10-5-2-3-7-13(10)8-4-6-12-18(16,17)9-11(14)15/h10,12H,2-9H2,1H3,(H,14,15). The van der Waals surface area contributed by atoms with Crippen LogP contribution in [-0.4, -0.2) is 55.8 Å². The number of carboxylic acid groups (broad SMARTS) is 1. The lowest BCUT2D eigenvalue weighted by Gasteiger charge is -2.33. The minimum atomic E-state index is -3.67. The van der Waals surface area contributed by atoms with Crippen molar-refractivity contribution in [1.29, 1.82) is 0 Å². The van der Waals surface area contributed by atoms with Gasteiger partial charge in [0.2, 0.25) is 10.0 Å². The molecule has 0 bridgehead atoms. The third kappa shape index (κ3) is 5.79. The van der Waals surface area contributed by atoms with E-state index in [1.54, 1.807) is 0 Å². The van der Waals surface area contributed by atoms with E-state index >= 15 is 0 Å². The van der Waals surface area contributed by atoms with Crippen molar-refractivity contribution in [2.24, 2.45) is 0 Å². The van der Waals surface area contributed by atoms with Gasteiger partial charge in [-0.3, -0.25) is 4.79 Å². The van der Waals surface area contributed by atoms with Gasteiger partial charge < -0.3 is 10.0 Å². The maximum absolute atomic E-state index is 11.3. The molecule has 18 heavy (non-hydrogen) atoms. The molecule has 2 N–H and O–H groups in total. The first-order chi connectivity index (χ1) is 8.41. The second-order valence-electron chi connectivity index (χ2n) is 4.78. The zero-order valence-corrected chi connectivity index (χ0v) is 11.6. The average Bonchev–Trinajstić information content (AvgIpc) is 2.25. The van der Waals surface area contributed by atoms with Crippen molar-refractivity contribution < 1.29 is 18.3 Å². The van der Waals surface area contributed by atoms with E-state index in [-0.39, 0.29) is 0 Å². The zero-order valence-electron chi connectivity index (χ0n) is 10.8. The third-order valence-corrected chi connectivity index (χ3v) is 4.47. The number of likely N-dealkylation sites (tertiary alicyclic amines) is 1. The fraction of sp³-hybridized carbons (Fsp3) is 0.909. The van der Waals surface area contributed by atoms with E-state index in [4.69, 9.17) is 5.11 Å². The van der Waals surface area contributed by atoms with Gasteiger partial charge in [-0.15, -0.1) is 0 Å². The van der Waals surface area contributed by atoms with Gasteiger partial charge in [0, 0.05) is 12.6 Å². The number of carboxylic acids is 1. The lowest BCUT2D eigenvalue weighted by Crippen LogP contribution is -2.39. The normalized spacial score (nSPS) is 21.9. The summed E-state index contributed by atoms with van der Waals surface area (Å²) in [6, 6.07) is 0.564. The van der Waals surface area contributed by atoms with Crippen LogP contribution in [0, 0.1) is 0 Å². The molecule has 1 fully saturated rings. The molecule has 0 amide bonds. The molecule has 1 saturated heterocycles. The van der Waals surface area contributed by atoms with E-state index in [1.807, 2.05) is 0 Å². The summed E-state index contributed by atoms with van der Waals surface area (Å²) < 4.78 is 24.8. The van der Waals surface area contributed by atoms with E-state index in [0.717, 1.165) is 13.1 Å². The van der Waals surface area contributed by atoms with Crippen LogP contribution in [0.1, 0.15) is 32.6 Å². The van der Waals surface area contributed by atoms with E-state index in [0.29, 0.717) is 19.0 Å². The first-order valence-corrected chi connectivity index (χ1v) is 7.99. The number of piperidine rings is 1. The smallest absolute Gasteiger partial charge is 0.320 e. The second kappa shape index (κ2) is 7.06. The SMILES string of the molecule is CC1CCCCN1CCCNS(=O)(=O)CC(=O)O. The summed E-state index contributed by atoms with van der Waals surface area (Å²) in [7, 11) is -3.67. The Balaban J connectivity index is 2.20. The van der Waals surface area contributed by atoms with Gasteiger partial charge in [-0.1, -0.05) is 6.42 Å². The summed E-state index contributed by atoms with van der Waals surface area (Å²) in [4.78, 5) is 12.7. The maximum Gasteiger partial charge on any atom is 0.320 e. The Hall–Kier alpha value is -0.660. The van der Waals surface area contributed by atoms with Gasteiger partial charge in [-0.25, -0.2) is 13.1 Å². The van der Waals surface area contributed by atoms with Crippen molar-refractivity contribution in [3.05, 3.63) is 0 Å². The molecule has 0 aromatic carbocycles. The van der Waals surface area contributed by atoms with Gasteiger partial charge >= 0.3 is 5.97 Å². The molecule has 0 aromatic heterocycles. The van der Waals surface area contributed by atoms with Gasteiger partial charge in [-0.05, 0) is 39.3 Å². The summed E-state index contributed by atoms with van der Waals surface area (Å²) in [6.45, 7) is 4.42. The molecular formula is C11H22N2O4S. The summed E-state index contributed by atoms with van der Waals surface area (Å²) in [5, 5.41) is 8.42. The van der Waals surface area contributed by atoms with Crippen molar-refractivity contribution >= 4 is 16.0 Å². The maximum atomic E-state index is 11.3. The van der Waals surface area contributed by atoms with Crippen LogP contribution >= 0.6 is 0 Å². The number of nitrogens with one attached hydrogen (secondary N) is 1. The minimum absolute atomic E-state index is 0.304. The lowest BCUT2D eigenvalue weighted by molar-refractivity contribution is -0.134. The molecule has 1 rings (SSSR count). The van der Waals surface area contributed by atoms with Crippen molar-refractivity contribution in [3.8, 4) is 0 Å². The highest BCUT2D eigenvalue weighted by molar-refractivity contribution is 7.90. The molecule has 1 unspecified atom stereocenters. The van der Waals surface area contributed by atoms with E-state index in [9.17, 15) is 13.2 Å². The molecule has 1 atom stereocenters. The van der Waals surface area contributed by atoms with Crippen molar-refractivity contribution in [1.82, 2.24) is 9.62 Å². The van der Waals surface area contributed by atoms with Crippen molar-refractivity contribution in [3.63, 3.8) is 0 Å². The Morgan fingerprint density at radius 3 is 2.78 bits per heavy atom. The number of aliphatic carboxylic acids is 1. The molecule has 7 heteroatoms. The zero-order chi connectivity index (χ0) is 13.6. The molecule has 0 aliphatic carbocycles. The van der Waals surface area contributed by atoms with Crippen LogP contribution in [0.15, 0.2) is 0 Å². The van der Waals surface area contributed by atoms with Crippen LogP contribution in [0.4, 0.5) is 0 Å². The molecule has 6 nitrogen and oxygen atoms in total. The highest BCUT2D eigenvalue weighted by atomic mass is 32.2. The number of rotatable bonds is 7. The molecule has 1 heterocycles. The fourth-order valence-electron chi connectivity index (χ4n) is 2.21. The van der Waals surface area contributed by atoms with Crippen LogP contribution in [0.2, 0.25) is 0 Å². The van der Waals surface area contributed by atoms with Gasteiger partial charge in [-0.2, -0.15) is 0 Å². The molecule has 0 saturated carbocycles. The van der Waals surface area contributed by atoms with Crippen LogP contribution in [0.3, 0.4) is 0 Å². The minimum Gasteiger partial charge on any atom is -0.480 e. The summed E-state index contributed by atoms with van der Waals surface area (Å²) in [5.41, 5.74) is 0. The Morgan fingerprint density at radius 1 is 1.44 bits per heavy atom. The summed E-state index contributed by atoms with van der Waals surface area (Å²) in [6.07, 6.45) is 4.38. The largest absolute Gasteiger partial charge is 0.480 e. The Labute approximate surface area is 108 Å². The highest BCUT2D eigenvalue weighted by Gasteiger charge is 2.18. The summed E-state index contributed by atoms with van der Waals surface area (Å²) >= 11 is 0. The second-order valence-corrected chi connectivity index (χ2v) is 6.59. The molecule has 1 aliphatic heterocycles. The van der Waals surface area contributed by atoms with E-state index in [1.165, 1.54) is 19.3 Å². The fourth-order valence-corrected chi connectivity index (χ4v) is 3.10. The predicted octanol–water partition coefficient (Wildman–Crippen LogP) is 0.255. The van der Waals surface area contributed by atoms with E-state index < -0.39 is 21.7 Å².